The first kappa shape index (κ1) is 15.2. The fourth-order valence-electron chi connectivity index (χ4n) is 3.56. The molecule has 0 amide bonds. The van der Waals surface area contributed by atoms with Crippen LogP contribution in [-0.4, -0.2) is 29.8 Å². The van der Waals surface area contributed by atoms with Gasteiger partial charge < -0.3 is 5.11 Å². The molecule has 4 heteroatoms. The van der Waals surface area contributed by atoms with Gasteiger partial charge in [0.1, 0.15) is 11.4 Å². The average Bonchev–Trinajstić information content (AvgIpc) is 2.72. The molecule has 2 heterocycles. The Morgan fingerprint density at radius 3 is 2.10 bits per heavy atom. The lowest BCUT2D eigenvalue weighted by molar-refractivity contribution is 0.474. The Bertz CT molecular complexity index is 580. The number of nitrogens with zero attached hydrogens (tertiary/aromatic N) is 2. The van der Waals surface area contributed by atoms with Gasteiger partial charge in [0.15, 0.2) is 0 Å². The Kier molecular flexibility index (Phi) is 4.05. The molecular weight excluding hydrogens is 268 g/mol. The normalized spacial score (nSPS) is 13.8. The maximum absolute atomic E-state index is 9.60. The number of fused-ring (bicyclic) bond motifs is 1. The summed E-state index contributed by atoms with van der Waals surface area (Å²) in [5.74, 6) is 0.231. The molecule has 3 nitrogen and oxygen atoms in total. The third-order valence-electron chi connectivity index (χ3n) is 4.09. The van der Waals surface area contributed by atoms with Crippen LogP contribution in [0.25, 0.3) is 11.0 Å². The Morgan fingerprint density at radius 2 is 1.60 bits per heavy atom. The van der Waals surface area contributed by atoms with Gasteiger partial charge in [-0.15, -0.1) is 0 Å². The van der Waals surface area contributed by atoms with E-state index in [0.29, 0.717) is 15.7 Å². The summed E-state index contributed by atoms with van der Waals surface area (Å²) in [7, 11) is -1.05. The summed E-state index contributed by atoms with van der Waals surface area (Å²) < 4.78 is 2.40. The van der Waals surface area contributed by atoms with Gasteiger partial charge >= 0.3 is 0 Å². The molecule has 2 rings (SSSR count). The van der Waals surface area contributed by atoms with E-state index in [1.54, 1.807) is 12.3 Å². The topological polar surface area (TPSA) is 38.0 Å². The highest BCUT2D eigenvalue weighted by molar-refractivity contribution is 8.33. The van der Waals surface area contributed by atoms with Crippen LogP contribution in [0.15, 0.2) is 24.5 Å². The molecule has 0 aliphatic rings. The molecule has 20 heavy (non-hydrogen) atoms. The van der Waals surface area contributed by atoms with Crippen molar-refractivity contribution in [1.29, 1.82) is 0 Å². The molecule has 0 saturated heterocycles. The van der Waals surface area contributed by atoms with Crippen molar-refractivity contribution in [2.45, 2.75) is 57.3 Å². The van der Waals surface area contributed by atoms with Gasteiger partial charge in [0.25, 0.3) is 0 Å². The Hall–Kier alpha value is -1.16. The zero-order chi connectivity index (χ0) is 15.1. The quantitative estimate of drug-likeness (QED) is 0.899. The molecule has 0 unspecified atom stereocenters. The van der Waals surface area contributed by atoms with Crippen LogP contribution in [0.2, 0.25) is 0 Å². The molecule has 0 aliphatic heterocycles. The highest BCUT2D eigenvalue weighted by Crippen LogP contribution is 2.62. The molecule has 0 aliphatic carbocycles. The van der Waals surface area contributed by atoms with Gasteiger partial charge in [-0.2, -0.15) is 10.2 Å². The van der Waals surface area contributed by atoms with Gasteiger partial charge in [-0.3, -0.25) is 3.97 Å². The molecule has 0 bridgehead atoms. The number of hydrogen-bond donors (Lipinski definition) is 1. The maximum atomic E-state index is 9.60. The second kappa shape index (κ2) is 5.32. The predicted octanol–water partition coefficient (Wildman–Crippen LogP) is 4.53. The van der Waals surface area contributed by atoms with E-state index in [4.69, 9.17) is 0 Å². The van der Waals surface area contributed by atoms with Gasteiger partial charge in [-0.1, -0.05) is 41.5 Å². The van der Waals surface area contributed by atoms with Crippen molar-refractivity contribution in [3.63, 3.8) is 0 Å². The molecule has 2 aromatic rings. The molecule has 0 fully saturated rings. The summed E-state index contributed by atoms with van der Waals surface area (Å²) in [6, 6.07) is 3.86. The third kappa shape index (κ3) is 2.10. The van der Waals surface area contributed by atoms with E-state index in [1.807, 2.05) is 0 Å². The Labute approximate surface area is 123 Å². The summed E-state index contributed by atoms with van der Waals surface area (Å²) in [5.41, 5.74) is 0.994. The SMILES string of the molecule is CC(C)S(C(C)C)(C(C)C)n1ccc2cc(O)cnc21. The monoisotopic (exact) mass is 294 g/mol. The molecule has 0 radical (unpaired) electrons. The van der Waals surface area contributed by atoms with Crippen LogP contribution in [0.3, 0.4) is 0 Å². The average molecular weight is 294 g/mol. The van der Waals surface area contributed by atoms with Crippen LogP contribution < -0.4 is 0 Å². The van der Waals surface area contributed by atoms with Crippen molar-refractivity contribution in [3.05, 3.63) is 24.5 Å². The predicted molar refractivity (Wildman–Crippen MR) is 89.8 cm³/mol. The summed E-state index contributed by atoms with van der Waals surface area (Å²) >= 11 is 0. The standard InChI is InChI=1S/C16H26N2OS/c1-11(2)20(12(3)4,13(5)6)18-8-7-14-9-15(19)10-17-16(14)18/h7-13,19H,1-6H3. The van der Waals surface area contributed by atoms with Crippen molar-refractivity contribution in [2.24, 2.45) is 0 Å². The lowest BCUT2D eigenvalue weighted by Crippen LogP contribution is -2.33. The largest absolute Gasteiger partial charge is 0.506 e. The van der Waals surface area contributed by atoms with Crippen LogP contribution in [0.5, 0.6) is 5.75 Å². The highest BCUT2D eigenvalue weighted by Gasteiger charge is 2.37. The number of aromatic nitrogens is 2. The Balaban J connectivity index is 2.75. The summed E-state index contributed by atoms with van der Waals surface area (Å²) in [5, 5.41) is 12.4. The zero-order valence-corrected chi connectivity index (χ0v) is 14.1. The second-order valence-corrected chi connectivity index (χ2v) is 10.8. The molecule has 2 aromatic heterocycles. The van der Waals surface area contributed by atoms with Gasteiger partial charge in [-0.05, 0) is 12.1 Å². The van der Waals surface area contributed by atoms with E-state index >= 15 is 0 Å². The van der Waals surface area contributed by atoms with Crippen molar-refractivity contribution >= 4 is 21.2 Å². The minimum atomic E-state index is -1.05. The summed E-state index contributed by atoms with van der Waals surface area (Å²) in [6.45, 7) is 13.9. The molecular formula is C16H26N2OS. The molecule has 0 aromatic carbocycles. The van der Waals surface area contributed by atoms with Gasteiger partial charge in [0.05, 0.1) is 6.20 Å². The number of pyridine rings is 1. The van der Waals surface area contributed by atoms with E-state index in [0.717, 1.165) is 11.0 Å². The van der Waals surface area contributed by atoms with E-state index in [2.05, 4.69) is 62.8 Å². The second-order valence-electron chi connectivity index (χ2n) is 6.12. The number of rotatable bonds is 4. The number of aromatic hydroxyl groups is 1. The lowest BCUT2D eigenvalue weighted by Gasteiger charge is -2.52. The first-order chi connectivity index (χ1) is 9.31. The molecule has 0 saturated carbocycles. The molecule has 0 atom stereocenters. The van der Waals surface area contributed by atoms with Crippen molar-refractivity contribution in [2.75, 3.05) is 0 Å². The highest BCUT2D eigenvalue weighted by atomic mass is 32.3. The van der Waals surface area contributed by atoms with Crippen molar-refractivity contribution in [1.82, 2.24) is 8.96 Å². The first-order valence-electron chi connectivity index (χ1n) is 7.28. The van der Waals surface area contributed by atoms with E-state index in [-0.39, 0.29) is 5.75 Å². The Morgan fingerprint density at radius 1 is 1.05 bits per heavy atom. The van der Waals surface area contributed by atoms with Crippen LogP contribution in [0.4, 0.5) is 0 Å². The van der Waals surface area contributed by atoms with Crippen molar-refractivity contribution < 1.29 is 5.11 Å². The zero-order valence-electron chi connectivity index (χ0n) is 13.3. The minimum Gasteiger partial charge on any atom is -0.506 e. The van der Waals surface area contributed by atoms with Gasteiger partial charge in [-0.25, -0.2) is 4.98 Å². The van der Waals surface area contributed by atoms with Crippen LogP contribution in [0, 0.1) is 0 Å². The fraction of sp³-hybridized carbons (Fsp3) is 0.562. The molecule has 1 N–H and O–H groups in total. The first-order valence-corrected chi connectivity index (χ1v) is 9.06. The third-order valence-corrected chi connectivity index (χ3v) is 9.59. The minimum absolute atomic E-state index is 0.231. The lowest BCUT2D eigenvalue weighted by atomic mass is 10.3. The maximum Gasteiger partial charge on any atom is 0.148 e. The number of hydrogen-bond acceptors (Lipinski definition) is 2. The van der Waals surface area contributed by atoms with Gasteiger partial charge in [0.2, 0.25) is 0 Å². The van der Waals surface area contributed by atoms with Gasteiger partial charge in [0, 0.05) is 27.3 Å². The smallest absolute Gasteiger partial charge is 0.148 e. The van der Waals surface area contributed by atoms with Crippen LogP contribution in [0.1, 0.15) is 41.5 Å². The van der Waals surface area contributed by atoms with Crippen molar-refractivity contribution in [3.8, 4) is 5.75 Å². The van der Waals surface area contributed by atoms with Crippen LogP contribution >= 0.6 is 10.2 Å². The van der Waals surface area contributed by atoms with Crippen LogP contribution in [-0.2, 0) is 0 Å². The molecule has 0 spiro atoms. The van der Waals surface area contributed by atoms with E-state index in [9.17, 15) is 5.11 Å². The summed E-state index contributed by atoms with van der Waals surface area (Å²) in [6.07, 6.45) is 3.70. The van der Waals surface area contributed by atoms with E-state index < -0.39 is 10.2 Å². The summed E-state index contributed by atoms with van der Waals surface area (Å²) in [4.78, 5) is 4.49. The van der Waals surface area contributed by atoms with E-state index in [1.165, 1.54) is 0 Å². The fourth-order valence-corrected chi connectivity index (χ4v) is 8.91. The molecule has 112 valence electrons.